The van der Waals surface area contributed by atoms with Crippen LogP contribution in [0.5, 0.6) is 0 Å². The van der Waals surface area contributed by atoms with Crippen molar-refractivity contribution in [1.82, 2.24) is 0 Å². The molecule has 1 aliphatic carbocycles. The number of nitrogens with two attached hydrogens (primary N) is 1. The van der Waals surface area contributed by atoms with Gasteiger partial charge in [0.05, 0.1) is 12.7 Å². The quantitative estimate of drug-likeness (QED) is 0.916. The Morgan fingerprint density at radius 3 is 2.29 bits per heavy atom. The van der Waals surface area contributed by atoms with E-state index in [1.807, 2.05) is 0 Å². The number of hydrogen-bond donors (Lipinski definition) is 1. The van der Waals surface area contributed by atoms with Gasteiger partial charge in [0.1, 0.15) is 0 Å². The standard InChI is InChI=1S/C19H21NO/c20-19(11-15-6-1-2-7-16(15)12-19)13-18-17-8-4-3-5-14(17)9-10-21-18/h1-8,18H,9-13,20H2. The molecule has 0 aromatic heterocycles. The van der Waals surface area contributed by atoms with Crippen molar-refractivity contribution in [2.24, 2.45) is 5.73 Å². The van der Waals surface area contributed by atoms with Gasteiger partial charge in [0.2, 0.25) is 0 Å². The van der Waals surface area contributed by atoms with Crippen molar-refractivity contribution >= 4 is 0 Å². The number of fused-ring (bicyclic) bond motifs is 2. The fourth-order valence-corrected chi connectivity index (χ4v) is 3.88. The topological polar surface area (TPSA) is 35.2 Å². The molecule has 2 N–H and O–H groups in total. The highest BCUT2D eigenvalue weighted by Crippen LogP contribution is 2.38. The Kier molecular flexibility index (Phi) is 3.09. The van der Waals surface area contributed by atoms with Gasteiger partial charge in [-0.2, -0.15) is 0 Å². The smallest absolute Gasteiger partial charge is 0.0845 e. The van der Waals surface area contributed by atoms with Gasteiger partial charge in [-0.3, -0.25) is 0 Å². The highest BCUT2D eigenvalue weighted by atomic mass is 16.5. The van der Waals surface area contributed by atoms with Crippen LogP contribution in [0.1, 0.15) is 34.8 Å². The van der Waals surface area contributed by atoms with Crippen molar-refractivity contribution in [3.63, 3.8) is 0 Å². The number of ether oxygens (including phenoxy) is 1. The summed E-state index contributed by atoms with van der Waals surface area (Å²) in [7, 11) is 0. The average molecular weight is 279 g/mol. The lowest BCUT2D eigenvalue weighted by Crippen LogP contribution is -2.43. The molecule has 2 nitrogen and oxygen atoms in total. The Labute approximate surface area is 125 Å². The van der Waals surface area contributed by atoms with Crippen LogP contribution in [-0.2, 0) is 24.0 Å². The molecule has 0 bridgehead atoms. The summed E-state index contributed by atoms with van der Waals surface area (Å²) in [5.74, 6) is 0. The lowest BCUT2D eigenvalue weighted by molar-refractivity contribution is 0.0218. The van der Waals surface area contributed by atoms with E-state index in [2.05, 4.69) is 48.5 Å². The highest BCUT2D eigenvalue weighted by Gasteiger charge is 2.37. The Morgan fingerprint density at radius 2 is 1.57 bits per heavy atom. The summed E-state index contributed by atoms with van der Waals surface area (Å²) < 4.78 is 6.05. The predicted molar refractivity (Wildman–Crippen MR) is 84.2 cm³/mol. The zero-order valence-corrected chi connectivity index (χ0v) is 12.2. The monoisotopic (exact) mass is 279 g/mol. The molecule has 4 rings (SSSR count). The maximum atomic E-state index is 6.72. The van der Waals surface area contributed by atoms with Crippen LogP contribution in [0, 0.1) is 0 Å². The van der Waals surface area contributed by atoms with Crippen LogP contribution in [0.3, 0.4) is 0 Å². The number of rotatable bonds is 2. The van der Waals surface area contributed by atoms with Crippen LogP contribution in [0.4, 0.5) is 0 Å². The van der Waals surface area contributed by atoms with Gasteiger partial charge in [-0.25, -0.2) is 0 Å². The van der Waals surface area contributed by atoms with Crippen molar-refractivity contribution in [2.75, 3.05) is 6.61 Å². The first kappa shape index (κ1) is 13.1. The van der Waals surface area contributed by atoms with E-state index in [0.29, 0.717) is 0 Å². The van der Waals surface area contributed by atoms with E-state index >= 15 is 0 Å². The summed E-state index contributed by atoms with van der Waals surface area (Å²) in [4.78, 5) is 0. The Bertz CT molecular complexity index is 639. The van der Waals surface area contributed by atoms with Crippen LogP contribution in [0.15, 0.2) is 48.5 Å². The molecule has 0 radical (unpaired) electrons. The van der Waals surface area contributed by atoms with Crippen LogP contribution >= 0.6 is 0 Å². The first-order chi connectivity index (χ1) is 10.2. The van der Waals surface area contributed by atoms with E-state index in [0.717, 1.165) is 32.3 Å². The molecule has 108 valence electrons. The fourth-order valence-electron chi connectivity index (χ4n) is 3.88. The zero-order chi connectivity index (χ0) is 14.3. The molecule has 21 heavy (non-hydrogen) atoms. The van der Waals surface area contributed by atoms with Crippen LogP contribution in [0.25, 0.3) is 0 Å². The molecule has 0 saturated carbocycles. The number of hydrogen-bond acceptors (Lipinski definition) is 2. The molecule has 0 spiro atoms. The van der Waals surface area contributed by atoms with E-state index in [4.69, 9.17) is 10.5 Å². The van der Waals surface area contributed by atoms with Crippen LogP contribution < -0.4 is 5.73 Å². The third-order valence-electron chi connectivity index (χ3n) is 4.89. The molecule has 2 heteroatoms. The maximum Gasteiger partial charge on any atom is 0.0845 e. The molecule has 2 aromatic rings. The van der Waals surface area contributed by atoms with Crippen molar-refractivity contribution in [1.29, 1.82) is 0 Å². The zero-order valence-electron chi connectivity index (χ0n) is 12.2. The molecule has 0 amide bonds. The lowest BCUT2D eigenvalue weighted by atomic mass is 9.85. The third kappa shape index (κ3) is 2.39. The summed E-state index contributed by atoms with van der Waals surface area (Å²) in [6.07, 6.45) is 3.99. The van der Waals surface area contributed by atoms with Gasteiger partial charge in [0.25, 0.3) is 0 Å². The number of benzene rings is 2. The second-order valence-corrected chi connectivity index (χ2v) is 6.50. The van der Waals surface area contributed by atoms with E-state index in [-0.39, 0.29) is 11.6 Å². The average Bonchev–Trinajstić information content (AvgIpc) is 2.83. The minimum Gasteiger partial charge on any atom is -0.373 e. The van der Waals surface area contributed by atoms with Gasteiger partial charge in [0, 0.05) is 5.54 Å². The summed E-state index contributed by atoms with van der Waals surface area (Å²) >= 11 is 0. The van der Waals surface area contributed by atoms with Crippen molar-refractivity contribution < 1.29 is 4.74 Å². The van der Waals surface area contributed by atoms with Gasteiger partial charge >= 0.3 is 0 Å². The maximum absolute atomic E-state index is 6.72. The normalized spacial score (nSPS) is 22.6. The first-order valence-corrected chi connectivity index (χ1v) is 7.79. The van der Waals surface area contributed by atoms with Gasteiger partial charge in [-0.15, -0.1) is 0 Å². The van der Waals surface area contributed by atoms with Crippen LogP contribution in [-0.4, -0.2) is 12.1 Å². The van der Waals surface area contributed by atoms with Crippen molar-refractivity contribution in [2.45, 2.75) is 37.3 Å². The van der Waals surface area contributed by atoms with Crippen LogP contribution in [0.2, 0.25) is 0 Å². The minimum atomic E-state index is -0.168. The summed E-state index contributed by atoms with van der Waals surface area (Å²) in [5, 5.41) is 0. The lowest BCUT2D eigenvalue weighted by Gasteiger charge is -2.33. The second-order valence-electron chi connectivity index (χ2n) is 6.50. The molecular weight excluding hydrogens is 258 g/mol. The minimum absolute atomic E-state index is 0.147. The van der Waals surface area contributed by atoms with E-state index in [1.165, 1.54) is 22.3 Å². The molecule has 1 unspecified atom stereocenters. The third-order valence-corrected chi connectivity index (χ3v) is 4.89. The molecule has 2 aromatic carbocycles. The largest absolute Gasteiger partial charge is 0.373 e. The van der Waals surface area contributed by atoms with Crippen molar-refractivity contribution in [3.05, 3.63) is 70.8 Å². The molecular formula is C19H21NO. The van der Waals surface area contributed by atoms with Gasteiger partial charge in [-0.05, 0) is 47.9 Å². The Hall–Kier alpha value is -1.64. The summed E-state index contributed by atoms with van der Waals surface area (Å²) in [6, 6.07) is 17.3. The molecule has 1 heterocycles. The van der Waals surface area contributed by atoms with E-state index in [9.17, 15) is 0 Å². The SMILES string of the molecule is NC1(CC2OCCc3ccccc32)Cc2ccccc2C1. The molecule has 0 saturated heterocycles. The summed E-state index contributed by atoms with van der Waals surface area (Å²) in [6.45, 7) is 0.810. The van der Waals surface area contributed by atoms with E-state index in [1.54, 1.807) is 0 Å². The van der Waals surface area contributed by atoms with Gasteiger partial charge < -0.3 is 10.5 Å². The fraction of sp³-hybridized carbons (Fsp3) is 0.368. The Morgan fingerprint density at radius 1 is 0.952 bits per heavy atom. The van der Waals surface area contributed by atoms with Crippen molar-refractivity contribution in [3.8, 4) is 0 Å². The molecule has 2 aliphatic rings. The second kappa shape index (κ2) is 4.97. The molecule has 0 fully saturated rings. The first-order valence-electron chi connectivity index (χ1n) is 7.79. The predicted octanol–water partition coefficient (Wildman–Crippen LogP) is 3.19. The summed E-state index contributed by atoms with van der Waals surface area (Å²) in [5.41, 5.74) is 12.1. The molecule has 1 aliphatic heterocycles. The van der Waals surface area contributed by atoms with Gasteiger partial charge in [-0.1, -0.05) is 48.5 Å². The molecule has 1 atom stereocenters. The van der Waals surface area contributed by atoms with E-state index < -0.39 is 0 Å². The highest BCUT2D eigenvalue weighted by molar-refractivity contribution is 5.37. The Balaban J connectivity index is 1.58. The van der Waals surface area contributed by atoms with Gasteiger partial charge in [0.15, 0.2) is 0 Å².